The van der Waals surface area contributed by atoms with Crippen molar-refractivity contribution in [2.75, 3.05) is 26.0 Å². The summed E-state index contributed by atoms with van der Waals surface area (Å²) < 4.78 is 26.8. The van der Waals surface area contributed by atoms with Gasteiger partial charge in [0.15, 0.2) is 0 Å². The van der Waals surface area contributed by atoms with Crippen LogP contribution in [0.5, 0.6) is 0 Å². The minimum atomic E-state index is -3.55. The highest BCUT2D eigenvalue weighted by Crippen LogP contribution is 2.18. The monoisotopic (exact) mass is 425 g/mol. The van der Waals surface area contributed by atoms with Crippen molar-refractivity contribution in [2.24, 2.45) is 0 Å². The van der Waals surface area contributed by atoms with Crippen LogP contribution in [0.25, 0.3) is 0 Å². The van der Waals surface area contributed by atoms with Gasteiger partial charge in [0.2, 0.25) is 15.9 Å². The van der Waals surface area contributed by atoms with E-state index in [4.69, 9.17) is 0 Å². The van der Waals surface area contributed by atoms with E-state index in [1.54, 1.807) is 18.2 Å². The number of nitrogens with zero attached hydrogens (tertiary/aromatic N) is 1. The summed E-state index contributed by atoms with van der Waals surface area (Å²) in [5.74, 6) is -0.222. The lowest BCUT2D eigenvalue weighted by Gasteiger charge is -2.15. The molecule has 0 spiro atoms. The predicted molar refractivity (Wildman–Crippen MR) is 102 cm³/mol. The molecule has 2 N–H and O–H groups in total. The maximum Gasteiger partial charge on any atom is 0.242 e. The van der Waals surface area contributed by atoms with Gasteiger partial charge in [-0.15, -0.1) is 0 Å². The van der Waals surface area contributed by atoms with Crippen LogP contribution in [0.3, 0.4) is 0 Å². The molecule has 2 aromatic rings. The molecule has 2 rings (SSSR count). The van der Waals surface area contributed by atoms with Crippen molar-refractivity contribution in [1.82, 2.24) is 9.62 Å². The van der Waals surface area contributed by atoms with Gasteiger partial charge in [-0.2, -0.15) is 0 Å². The molecule has 0 unspecified atom stereocenters. The molecule has 0 aliphatic rings. The van der Waals surface area contributed by atoms with Crippen molar-refractivity contribution in [3.63, 3.8) is 0 Å². The summed E-state index contributed by atoms with van der Waals surface area (Å²) >= 11 is 3.35. The fourth-order valence-electron chi connectivity index (χ4n) is 2.10. The average Bonchev–Trinajstić information content (AvgIpc) is 2.59. The van der Waals surface area contributed by atoms with Crippen LogP contribution in [0.1, 0.15) is 5.56 Å². The van der Waals surface area contributed by atoms with E-state index in [0.29, 0.717) is 5.56 Å². The Hall–Kier alpha value is -1.90. The molecule has 0 radical (unpaired) electrons. The van der Waals surface area contributed by atoms with Gasteiger partial charge in [0.25, 0.3) is 0 Å². The Labute approximate surface area is 156 Å². The smallest absolute Gasteiger partial charge is 0.242 e. The summed E-state index contributed by atoms with van der Waals surface area (Å²) in [6.45, 7) is 0.244. The van der Waals surface area contributed by atoms with Gasteiger partial charge >= 0.3 is 0 Å². The molecule has 0 saturated carbocycles. The minimum absolute atomic E-state index is 0.101. The van der Waals surface area contributed by atoms with E-state index in [2.05, 4.69) is 26.6 Å². The number of benzene rings is 2. The summed E-state index contributed by atoms with van der Waals surface area (Å²) in [5.41, 5.74) is 1.38. The van der Waals surface area contributed by atoms with Crippen LogP contribution in [0.15, 0.2) is 57.9 Å². The first-order valence-electron chi connectivity index (χ1n) is 7.57. The van der Waals surface area contributed by atoms with E-state index in [0.717, 1.165) is 14.5 Å². The molecule has 0 aromatic heterocycles. The second-order valence-electron chi connectivity index (χ2n) is 5.53. The lowest BCUT2D eigenvalue weighted by Crippen LogP contribution is -2.30. The molecule has 1 amide bonds. The zero-order valence-electron chi connectivity index (χ0n) is 14.0. The van der Waals surface area contributed by atoms with Crippen molar-refractivity contribution in [3.8, 4) is 0 Å². The molecule has 2 aromatic carbocycles. The minimum Gasteiger partial charge on any atom is -0.376 e. The van der Waals surface area contributed by atoms with Gasteiger partial charge in [-0.1, -0.05) is 34.1 Å². The van der Waals surface area contributed by atoms with Gasteiger partial charge in [0, 0.05) is 30.8 Å². The number of hydrogen-bond donors (Lipinski definition) is 2. The quantitative estimate of drug-likeness (QED) is 0.713. The third-order valence-corrected chi connectivity index (χ3v) is 5.95. The third kappa shape index (κ3) is 5.29. The van der Waals surface area contributed by atoms with Crippen LogP contribution in [-0.2, 0) is 21.4 Å². The number of anilines is 1. The first kappa shape index (κ1) is 19.4. The van der Waals surface area contributed by atoms with Crippen LogP contribution >= 0.6 is 15.9 Å². The van der Waals surface area contributed by atoms with Crippen molar-refractivity contribution < 1.29 is 13.2 Å². The maximum atomic E-state index is 12.3. The number of carbonyl (C=O) groups excluding carboxylic acids is 1. The Balaban J connectivity index is 1.97. The molecule has 0 aliphatic heterocycles. The zero-order valence-corrected chi connectivity index (χ0v) is 16.4. The molecule has 25 heavy (non-hydrogen) atoms. The average molecular weight is 426 g/mol. The fraction of sp³-hybridized carbons (Fsp3) is 0.235. The Kier molecular flexibility index (Phi) is 6.57. The van der Waals surface area contributed by atoms with E-state index in [-0.39, 0.29) is 23.9 Å². The van der Waals surface area contributed by atoms with E-state index in [9.17, 15) is 13.2 Å². The van der Waals surface area contributed by atoms with Crippen LogP contribution in [0.4, 0.5) is 5.69 Å². The molecule has 134 valence electrons. The van der Waals surface area contributed by atoms with Gasteiger partial charge in [-0.3, -0.25) is 4.79 Å². The van der Waals surface area contributed by atoms with E-state index >= 15 is 0 Å². The normalized spacial score (nSPS) is 11.4. The third-order valence-electron chi connectivity index (χ3n) is 3.50. The SMILES string of the molecule is CN(C)S(=O)(=O)c1ccccc1CNC(=O)CNc1ccc(Br)cc1. The van der Waals surface area contributed by atoms with E-state index in [1.165, 1.54) is 20.2 Å². The number of sulfonamides is 1. The Morgan fingerprint density at radius 2 is 1.72 bits per heavy atom. The van der Waals surface area contributed by atoms with Gasteiger partial charge in [0.05, 0.1) is 11.4 Å². The number of nitrogens with one attached hydrogen (secondary N) is 2. The summed E-state index contributed by atoms with van der Waals surface area (Å²) in [5, 5.41) is 5.75. The first-order valence-corrected chi connectivity index (χ1v) is 9.80. The van der Waals surface area contributed by atoms with E-state index in [1.807, 2.05) is 24.3 Å². The molecule has 0 atom stereocenters. The molecule has 0 bridgehead atoms. The molecule has 0 heterocycles. The van der Waals surface area contributed by atoms with Crippen LogP contribution < -0.4 is 10.6 Å². The number of hydrogen-bond acceptors (Lipinski definition) is 4. The number of halogens is 1. The topological polar surface area (TPSA) is 78.5 Å². The van der Waals surface area contributed by atoms with Crippen molar-refractivity contribution in [2.45, 2.75) is 11.4 Å². The highest BCUT2D eigenvalue weighted by molar-refractivity contribution is 9.10. The van der Waals surface area contributed by atoms with Gasteiger partial charge < -0.3 is 10.6 Å². The highest BCUT2D eigenvalue weighted by Gasteiger charge is 2.20. The largest absolute Gasteiger partial charge is 0.376 e. The predicted octanol–water partition coefficient (Wildman–Crippen LogP) is 2.43. The molecule has 8 heteroatoms. The maximum absolute atomic E-state index is 12.3. The Morgan fingerprint density at radius 1 is 1.08 bits per heavy atom. The number of rotatable bonds is 7. The lowest BCUT2D eigenvalue weighted by atomic mass is 10.2. The molecular weight excluding hydrogens is 406 g/mol. The number of amides is 1. The van der Waals surface area contributed by atoms with Crippen molar-refractivity contribution in [1.29, 1.82) is 0 Å². The van der Waals surface area contributed by atoms with Crippen LogP contribution in [-0.4, -0.2) is 39.3 Å². The van der Waals surface area contributed by atoms with Crippen LogP contribution in [0, 0.1) is 0 Å². The highest BCUT2D eigenvalue weighted by atomic mass is 79.9. The van der Waals surface area contributed by atoms with Crippen molar-refractivity contribution >= 4 is 37.5 Å². The fourth-order valence-corrected chi connectivity index (χ4v) is 3.48. The standard InChI is InChI=1S/C17H20BrN3O3S/c1-21(2)25(23,24)16-6-4-3-5-13(16)11-20-17(22)12-19-15-9-7-14(18)8-10-15/h3-10,19H,11-12H2,1-2H3,(H,20,22). The second-order valence-corrected chi connectivity index (χ2v) is 8.57. The summed E-state index contributed by atoms with van der Waals surface area (Å²) in [6.07, 6.45) is 0. The summed E-state index contributed by atoms with van der Waals surface area (Å²) in [6, 6.07) is 14.1. The summed E-state index contributed by atoms with van der Waals surface area (Å²) in [4.78, 5) is 12.2. The molecule has 0 saturated heterocycles. The van der Waals surface area contributed by atoms with Gasteiger partial charge in [-0.05, 0) is 35.9 Å². The zero-order chi connectivity index (χ0) is 18.4. The molecular formula is C17H20BrN3O3S. The van der Waals surface area contributed by atoms with Gasteiger partial charge in [-0.25, -0.2) is 12.7 Å². The van der Waals surface area contributed by atoms with Crippen LogP contribution in [0.2, 0.25) is 0 Å². The Morgan fingerprint density at radius 3 is 2.36 bits per heavy atom. The summed E-state index contributed by atoms with van der Waals surface area (Å²) in [7, 11) is -0.595. The number of carbonyl (C=O) groups is 1. The molecule has 6 nitrogen and oxygen atoms in total. The first-order chi connectivity index (χ1) is 11.8. The second kappa shape index (κ2) is 8.46. The Bertz CT molecular complexity index is 836. The van der Waals surface area contributed by atoms with Gasteiger partial charge in [0.1, 0.15) is 0 Å². The lowest BCUT2D eigenvalue weighted by molar-refractivity contribution is -0.119. The molecule has 0 fully saturated rings. The van der Waals surface area contributed by atoms with Crippen molar-refractivity contribution in [3.05, 3.63) is 58.6 Å². The molecule has 0 aliphatic carbocycles. The van der Waals surface area contributed by atoms with E-state index < -0.39 is 10.0 Å².